The summed E-state index contributed by atoms with van der Waals surface area (Å²) < 4.78 is 7.27. The Hall–Kier alpha value is -3.39. The van der Waals surface area contributed by atoms with E-state index in [1.165, 1.54) is 6.33 Å². The first-order chi connectivity index (χ1) is 15.3. The summed E-state index contributed by atoms with van der Waals surface area (Å²) in [4.78, 5) is 24.7. The summed E-state index contributed by atoms with van der Waals surface area (Å²) in [7, 11) is 7.49. The minimum atomic E-state index is 0.0249. The second-order valence-corrected chi connectivity index (χ2v) is 8.68. The van der Waals surface area contributed by atoms with Crippen LogP contribution in [0, 0.1) is 0 Å². The number of likely N-dealkylation sites (N-methyl/N-ethyl adjacent to an activating group) is 2. The fourth-order valence-corrected chi connectivity index (χ4v) is 4.03. The minimum Gasteiger partial charge on any atom is -0.493 e. The van der Waals surface area contributed by atoms with Gasteiger partial charge < -0.3 is 19.5 Å². The van der Waals surface area contributed by atoms with Crippen molar-refractivity contribution in [3.63, 3.8) is 0 Å². The fraction of sp³-hybridized carbons (Fsp3) is 0.375. The Morgan fingerprint density at radius 1 is 1.19 bits per heavy atom. The zero-order valence-electron chi connectivity index (χ0n) is 19.5. The summed E-state index contributed by atoms with van der Waals surface area (Å²) in [6.07, 6.45) is 3.46. The molecule has 8 nitrogen and oxygen atoms in total. The lowest BCUT2D eigenvalue weighted by atomic mass is 9.95. The predicted molar refractivity (Wildman–Crippen MR) is 126 cm³/mol. The Bertz CT molecular complexity index is 1270. The monoisotopic (exact) mass is 434 g/mol. The van der Waals surface area contributed by atoms with E-state index in [-0.39, 0.29) is 11.8 Å². The molecule has 3 heterocycles. The molecule has 0 aliphatic rings. The zero-order valence-corrected chi connectivity index (χ0v) is 19.5. The number of benzene rings is 1. The second-order valence-electron chi connectivity index (χ2n) is 8.68. The molecule has 8 heteroatoms. The van der Waals surface area contributed by atoms with Gasteiger partial charge in [-0.1, -0.05) is 13.8 Å². The predicted octanol–water partition coefficient (Wildman–Crippen LogP) is 3.64. The van der Waals surface area contributed by atoms with Crippen molar-refractivity contribution in [2.45, 2.75) is 19.8 Å². The number of rotatable bonds is 7. The quantitative estimate of drug-likeness (QED) is 0.480. The lowest BCUT2D eigenvalue weighted by molar-refractivity contribution is 0.0786. The molecule has 0 spiro atoms. The first kappa shape index (κ1) is 21.8. The van der Waals surface area contributed by atoms with Crippen molar-refractivity contribution in [2.75, 3.05) is 41.3 Å². The molecule has 0 unspecified atom stereocenters. The van der Waals surface area contributed by atoms with E-state index in [1.807, 2.05) is 51.6 Å². The first-order valence-corrected chi connectivity index (χ1v) is 10.7. The number of pyridine rings is 1. The highest BCUT2D eigenvalue weighted by molar-refractivity contribution is 6.00. The Kier molecular flexibility index (Phi) is 5.88. The summed E-state index contributed by atoms with van der Waals surface area (Å²) in [5.41, 5.74) is 5.47. The van der Waals surface area contributed by atoms with Crippen molar-refractivity contribution in [2.24, 2.45) is 0 Å². The molecular formula is C24H30N6O2. The number of aromatic nitrogens is 4. The Morgan fingerprint density at radius 2 is 1.97 bits per heavy atom. The zero-order chi connectivity index (χ0) is 23.0. The molecule has 1 N–H and O–H groups in total. The summed E-state index contributed by atoms with van der Waals surface area (Å²) in [6.45, 7) is 5.82. The molecule has 0 radical (unpaired) electrons. The topological polar surface area (TPSA) is 78.8 Å². The number of amides is 1. The van der Waals surface area contributed by atoms with Crippen LogP contribution in [0.2, 0.25) is 0 Å². The summed E-state index contributed by atoms with van der Waals surface area (Å²) >= 11 is 0. The molecule has 0 saturated carbocycles. The van der Waals surface area contributed by atoms with Gasteiger partial charge in [0, 0.05) is 48.4 Å². The highest BCUT2D eigenvalue weighted by Gasteiger charge is 2.20. The van der Waals surface area contributed by atoms with Crippen molar-refractivity contribution in [1.29, 1.82) is 0 Å². The van der Waals surface area contributed by atoms with Crippen LogP contribution in [0.1, 0.15) is 35.7 Å². The van der Waals surface area contributed by atoms with Crippen molar-refractivity contribution in [1.82, 2.24) is 29.4 Å². The van der Waals surface area contributed by atoms with E-state index in [4.69, 9.17) is 4.74 Å². The third kappa shape index (κ3) is 3.93. The van der Waals surface area contributed by atoms with Gasteiger partial charge in [0.15, 0.2) is 11.4 Å². The number of hydrogen-bond acceptors (Lipinski definition) is 5. The van der Waals surface area contributed by atoms with Crippen molar-refractivity contribution in [3.8, 4) is 17.0 Å². The van der Waals surface area contributed by atoms with Gasteiger partial charge in [-0.2, -0.15) is 5.10 Å². The average molecular weight is 435 g/mol. The smallest absolute Gasteiger partial charge is 0.253 e. The van der Waals surface area contributed by atoms with E-state index in [2.05, 4.69) is 33.8 Å². The number of carbonyl (C=O) groups is 1. The van der Waals surface area contributed by atoms with Gasteiger partial charge in [-0.15, -0.1) is 0 Å². The second kappa shape index (κ2) is 8.63. The first-order valence-electron chi connectivity index (χ1n) is 10.7. The van der Waals surface area contributed by atoms with Crippen molar-refractivity contribution >= 4 is 22.5 Å². The largest absolute Gasteiger partial charge is 0.493 e. The third-order valence-electron chi connectivity index (χ3n) is 5.74. The number of methoxy groups -OCH3 is 1. The normalized spacial score (nSPS) is 11.8. The summed E-state index contributed by atoms with van der Waals surface area (Å²) in [6, 6.07) is 7.86. The van der Waals surface area contributed by atoms with Crippen LogP contribution in [-0.2, 0) is 0 Å². The molecule has 0 aliphatic heterocycles. The van der Waals surface area contributed by atoms with Crippen LogP contribution in [0.3, 0.4) is 0 Å². The summed E-state index contributed by atoms with van der Waals surface area (Å²) in [5, 5.41) is 5.34. The number of ether oxygens (including phenoxy) is 1. The van der Waals surface area contributed by atoms with Crippen LogP contribution < -0.4 is 4.74 Å². The van der Waals surface area contributed by atoms with E-state index in [1.54, 1.807) is 16.5 Å². The number of hydrogen-bond donors (Lipinski definition) is 1. The third-order valence-corrected chi connectivity index (χ3v) is 5.74. The van der Waals surface area contributed by atoms with Gasteiger partial charge in [0.2, 0.25) is 0 Å². The number of nitrogens with one attached hydrogen (secondary N) is 1. The van der Waals surface area contributed by atoms with Gasteiger partial charge in [0.1, 0.15) is 6.33 Å². The van der Waals surface area contributed by atoms with Gasteiger partial charge in [0.25, 0.3) is 5.91 Å². The number of fused-ring (bicyclic) bond motifs is 2. The Labute approximate surface area is 187 Å². The van der Waals surface area contributed by atoms with Gasteiger partial charge in [-0.05, 0) is 49.8 Å². The van der Waals surface area contributed by atoms with Gasteiger partial charge in [-0.25, -0.2) is 9.50 Å². The number of nitrogens with zero attached hydrogens (tertiary/aromatic N) is 5. The van der Waals surface area contributed by atoms with Crippen LogP contribution in [0.5, 0.6) is 5.75 Å². The van der Waals surface area contributed by atoms with E-state index < -0.39 is 0 Å². The van der Waals surface area contributed by atoms with Gasteiger partial charge >= 0.3 is 0 Å². The van der Waals surface area contributed by atoms with E-state index in [0.29, 0.717) is 23.5 Å². The molecule has 0 saturated heterocycles. The number of aromatic amines is 1. The molecule has 4 rings (SSSR count). The molecule has 1 amide bonds. The molecule has 0 aliphatic carbocycles. The Morgan fingerprint density at radius 3 is 2.66 bits per heavy atom. The van der Waals surface area contributed by atoms with E-state index in [0.717, 1.165) is 34.3 Å². The van der Waals surface area contributed by atoms with Gasteiger partial charge in [-0.3, -0.25) is 4.79 Å². The highest BCUT2D eigenvalue weighted by atomic mass is 16.5. The van der Waals surface area contributed by atoms with Crippen molar-refractivity contribution < 1.29 is 9.53 Å². The van der Waals surface area contributed by atoms with Crippen LogP contribution in [0.15, 0.2) is 36.8 Å². The van der Waals surface area contributed by atoms with Crippen molar-refractivity contribution in [3.05, 3.63) is 47.9 Å². The molecule has 4 aromatic rings. The molecular weight excluding hydrogens is 404 g/mol. The molecule has 0 atom stereocenters. The SMILES string of the molecule is COc1cc(-c2[nH]c3ccc(C(=O)N(C)CCN(C)C)cc3c2C(C)C)cn2ncnc12. The van der Waals surface area contributed by atoms with Crippen LogP contribution in [0.25, 0.3) is 27.8 Å². The van der Waals surface area contributed by atoms with E-state index >= 15 is 0 Å². The number of carbonyl (C=O) groups excluding carboxylic acids is 1. The molecule has 168 valence electrons. The maximum Gasteiger partial charge on any atom is 0.253 e. The molecule has 0 fully saturated rings. The van der Waals surface area contributed by atoms with Gasteiger partial charge in [0.05, 0.1) is 12.8 Å². The fourth-order valence-electron chi connectivity index (χ4n) is 4.03. The van der Waals surface area contributed by atoms with Crippen LogP contribution in [0.4, 0.5) is 0 Å². The summed E-state index contributed by atoms with van der Waals surface area (Å²) in [5.74, 6) is 0.927. The van der Waals surface area contributed by atoms with Crippen LogP contribution >= 0.6 is 0 Å². The maximum absolute atomic E-state index is 13.0. The Balaban J connectivity index is 1.80. The highest BCUT2D eigenvalue weighted by Crippen LogP contribution is 2.37. The molecule has 3 aromatic heterocycles. The minimum absolute atomic E-state index is 0.0249. The lowest BCUT2D eigenvalue weighted by Crippen LogP contribution is -2.33. The number of H-pyrrole nitrogens is 1. The van der Waals surface area contributed by atoms with Crippen LogP contribution in [-0.4, -0.2) is 76.6 Å². The lowest BCUT2D eigenvalue weighted by Gasteiger charge is -2.20. The standard InChI is InChI=1S/C24H30N6O2/c1-15(2)21-18-11-16(24(31)29(5)10-9-28(3)4)7-8-19(18)27-22(21)17-12-20(32-6)23-25-14-26-30(23)13-17/h7-8,11-15,27H,9-10H2,1-6H3. The molecule has 0 bridgehead atoms. The van der Waals surface area contributed by atoms with E-state index in [9.17, 15) is 4.79 Å². The maximum atomic E-state index is 13.0. The molecule has 1 aromatic carbocycles. The average Bonchev–Trinajstić information content (AvgIpc) is 3.39. The molecule has 32 heavy (non-hydrogen) atoms.